The molecule has 2 heteroatoms. The van der Waals surface area contributed by atoms with E-state index in [9.17, 15) is 0 Å². The van der Waals surface area contributed by atoms with Crippen molar-refractivity contribution in [3.8, 4) is 0 Å². The van der Waals surface area contributed by atoms with Crippen LogP contribution in [0.3, 0.4) is 0 Å². The van der Waals surface area contributed by atoms with E-state index in [1.54, 1.807) is 0 Å². The minimum atomic E-state index is 0.650. The molecule has 0 spiro atoms. The molecular weight excluding hydrogens is 172 g/mol. The number of piperidine rings is 1. The second kappa shape index (κ2) is 4.56. The number of hydrogen-bond donors (Lipinski definition) is 1. The van der Waals surface area contributed by atoms with Crippen LogP contribution in [-0.4, -0.2) is 17.6 Å². The highest BCUT2D eigenvalue weighted by Gasteiger charge is 2.14. The van der Waals surface area contributed by atoms with E-state index < -0.39 is 0 Å². The largest absolute Gasteiger partial charge is 0.314 e. The molecule has 0 radical (unpaired) electrons. The molecule has 1 aliphatic heterocycles. The summed E-state index contributed by atoms with van der Waals surface area (Å²) in [5, 5.41) is 3.55. The topological polar surface area (TPSA) is 24.9 Å². The first-order valence-electron chi connectivity index (χ1n) is 5.50. The zero-order valence-corrected chi connectivity index (χ0v) is 8.79. The van der Waals surface area contributed by atoms with Crippen molar-refractivity contribution in [3.05, 3.63) is 29.6 Å². The van der Waals surface area contributed by atoms with Gasteiger partial charge in [0.15, 0.2) is 0 Å². The van der Waals surface area contributed by atoms with Gasteiger partial charge in [0, 0.05) is 24.4 Å². The first-order chi connectivity index (χ1) is 6.86. The highest BCUT2D eigenvalue weighted by atomic mass is 14.9. The van der Waals surface area contributed by atoms with Gasteiger partial charge >= 0.3 is 0 Å². The van der Waals surface area contributed by atoms with E-state index in [1.165, 1.54) is 37.1 Å². The summed E-state index contributed by atoms with van der Waals surface area (Å²) in [6.45, 7) is 3.32. The maximum atomic E-state index is 4.43. The van der Waals surface area contributed by atoms with Crippen molar-refractivity contribution in [2.75, 3.05) is 6.54 Å². The Balaban J connectivity index is 1.99. The van der Waals surface area contributed by atoms with Crippen molar-refractivity contribution >= 4 is 0 Å². The Kier molecular flexibility index (Phi) is 3.14. The Hall–Kier alpha value is -0.890. The Morgan fingerprint density at radius 2 is 2.43 bits per heavy atom. The minimum absolute atomic E-state index is 0.650. The van der Waals surface area contributed by atoms with Crippen molar-refractivity contribution in [3.63, 3.8) is 0 Å². The minimum Gasteiger partial charge on any atom is -0.314 e. The molecule has 0 saturated carbocycles. The van der Waals surface area contributed by atoms with Crippen LogP contribution in [0.2, 0.25) is 0 Å². The highest BCUT2D eigenvalue weighted by molar-refractivity contribution is 5.18. The molecule has 1 fully saturated rings. The molecule has 1 aromatic heterocycles. The van der Waals surface area contributed by atoms with Crippen LogP contribution in [-0.2, 0) is 6.42 Å². The summed E-state index contributed by atoms with van der Waals surface area (Å²) >= 11 is 0. The smallest absolute Gasteiger partial charge is 0.0448 e. The van der Waals surface area contributed by atoms with E-state index >= 15 is 0 Å². The maximum Gasteiger partial charge on any atom is 0.0448 e. The summed E-state index contributed by atoms with van der Waals surface area (Å²) in [7, 11) is 0. The van der Waals surface area contributed by atoms with E-state index in [0.717, 1.165) is 6.42 Å². The van der Waals surface area contributed by atoms with Gasteiger partial charge in [-0.25, -0.2) is 0 Å². The Labute approximate surface area is 85.7 Å². The molecule has 0 unspecified atom stereocenters. The van der Waals surface area contributed by atoms with Gasteiger partial charge in [0.25, 0.3) is 0 Å². The van der Waals surface area contributed by atoms with Gasteiger partial charge in [-0.3, -0.25) is 4.98 Å². The number of nitrogens with zero attached hydrogens (tertiary/aromatic N) is 1. The molecule has 0 amide bonds. The average molecular weight is 190 g/mol. The Morgan fingerprint density at radius 1 is 1.50 bits per heavy atom. The number of nitrogens with one attached hydrogen (secondary N) is 1. The number of aromatic nitrogens is 1. The van der Waals surface area contributed by atoms with Gasteiger partial charge in [0.05, 0.1) is 0 Å². The predicted octanol–water partition coefficient (Wildman–Crippen LogP) is 2.07. The van der Waals surface area contributed by atoms with Crippen LogP contribution in [0.5, 0.6) is 0 Å². The first-order valence-corrected chi connectivity index (χ1v) is 5.50. The average Bonchev–Trinajstić information content (AvgIpc) is 2.23. The normalized spacial score (nSPS) is 22.2. The van der Waals surface area contributed by atoms with Crippen LogP contribution in [0.25, 0.3) is 0 Å². The molecule has 1 aromatic rings. The third-order valence-corrected chi connectivity index (χ3v) is 2.97. The van der Waals surface area contributed by atoms with E-state index in [2.05, 4.69) is 23.3 Å². The molecule has 1 N–H and O–H groups in total. The molecule has 14 heavy (non-hydrogen) atoms. The van der Waals surface area contributed by atoms with Crippen molar-refractivity contribution in [1.82, 2.24) is 10.3 Å². The molecule has 1 aliphatic rings. The summed E-state index contributed by atoms with van der Waals surface area (Å²) in [5.41, 5.74) is 2.58. The van der Waals surface area contributed by atoms with E-state index in [0.29, 0.717) is 6.04 Å². The summed E-state index contributed by atoms with van der Waals surface area (Å²) in [6.07, 6.45) is 6.98. The van der Waals surface area contributed by atoms with Gasteiger partial charge in [-0.15, -0.1) is 0 Å². The van der Waals surface area contributed by atoms with Crippen LogP contribution < -0.4 is 5.32 Å². The second-order valence-corrected chi connectivity index (χ2v) is 4.12. The molecule has 2 nitrogen and oxygen atoms in total. The quantitative estimate of drug-likeness (QED) is 0.772. The first kappa shape index (κ1) is 9.66. The van der Waals surface area contributed by atoms with E-state index in [4.69, 9.17) is 0 Å². The second-order valence-electron chi connectivity index (χ2n) is 4.12. The fraction of sp³-hybridized carbons (Fsp3) is 0.583. The van der Waals surface area contributed by atoms with Gasteiger partial charge in [-0.05, 0) is 37.9 Å². The third kappa shape index (κ3) is 2.32. The molecule has 2 heterocycles. The number of aryl methyl sites for hydroxylation is 1. The Morgan fingerprint density at radius 3 is 3.14 bits per heavy atom. The van der Waals surface area contributed by atoms with Crippen LogP contribution in [0.4, 0.5) is 0 Å². The summed E-state index contributed by atoms with van der Waals surface area (Å²) in [5.74, 6) is 0. The fourth-order valence-electron chi connectivity index (χ4n) is 2.06. The molecule has 0 aliphatic carbocycles. The molecular formula is C12H18N2. The number of hydrogen-bond acceptors (Lipinski definition) is 2. The van der Waals surface area contributed by atoms with Crippen LogP contribution >= 0.6 is 0 Å². The van der Waals surface area contributed by atoms with Crippen LogP contribution in [0, 0.1) is 6.92 Å². The lowest BCUT2D eigenvalue weighted by molar-refractivity contribution is 0.396. The molecule has 76 valence electrons. The molecule has 1 atom stereocenters. The van der Waals surface area contributed by atoms with Crippen LogP contribution in [0.15, 0.2) is 18.3 Å². The van der Waals surface area contributed by atoms with Crippen molar-refractivity contribution in [1.29, 1.82) is 0 Å². The number of pyridine rings is 1. The van der Waals surface area contributed by atoms with Crippen molar-refractivity contribution in [2.45, 2.75) is 38.6 Å². The monoisotopic (exact) mass is 190 g/mol. The predicted molar refractivity (Wildman–Crippen MR) is 58.3 cm³/mol. The van der Waals surface area contributed by atoms with E-state index in [-0.39, 0.29) is 0 Å². The zero-order valence-electron chi connectivity index (χ0n) is 8.79. The lowest BCUT2D eigenvalue weighted by Gasteiger charge is -2.23. The van der Waals surface area contributed by atoms with Gasteiger partial charge in [0.2, 0.25) is 0 Å². The Bertz CT molecular complexity index is 290. The van der Waals surface area contributed by atoms with E-state index in [1.807, 2.05) is 12.3 Å². The number of rotatable bonds is 2. The lowest BCUT2D eigenvalue weighted by atomic mass is 9.99. The maximum absolute atomic E-state index is 4.43. The molecule has 1 saturated heterocycles. The van der Waals surface area contributed by atoms with Gasteiger partial charge in [-0.2, -0.15) is 0 Å². The zero-order chi connectivity index (χ0) is 9.80. The summed E-state index contributed by atoms with van der Waals surface area (Å²) in [4.78, 5) is 4.43. The summed E-state index contributed by atoms with van der Waals surface area (Å²) < 4.78 is 0. The SMILES string of the molecule is Cc1cccnc1C[C@H]1CCCCN1. The third-order valence-electron chi connectivity index (χ3n) is 2.97. The molecule has 0 bridgehead atoms. The molecule has 0 aromatic carbocycles. The fourth-order valence-corrected chi connectivity index (χ4v) is 2.06. The molecule has 2 rings (SSSR count). The standard InChI is InChI=1S/C12H18N2/c1-10-5-4-8-14-12(10)9-11-6-2-3-7-13-11/h4-5,8,11,13H,2-3,6-7,9H2,1H3/t11-/m1/s1. The lowest BCUT2D eigenvalue weighted by Crippen LogP contribution is -2.35. The van der Waals surface area contributed by atoms with Gasteiger partial charge in [-0.1, -0.05) is 12.5 Å². The van der Waals surface area contributed by atoms with Gasteiger partial charge in [0.1, 0.15) is 0 Å². The highest BCUT2D eigenvalue weighted by Crippen LogP contribution is 2.13. The van der Waals surface area contributed by atoms with Crippen LogP contribution in [0.1, 0.15) is 30.5 Å². The van der Waals surface area contributed by atoms with Crippen molar-refractivity contribution < 1.29 is 0 Å². The summed E-state index contributed by atoms with van der Waals surface area (Å²) in [6, 6.07) is 4.80. The van der Waals surface area contributed by atoms with Crippen molar-refractivity contribution in [2.24, 2.45) is 0 Å². The van der Waals surface area contributed by atoms with Gasteiger partial charge < -0.3 is 5.32 Å².